The van der Waals surface area contributed by atoms with E-state index in [2.05, 4.69) is 0 Å². The van der Waals surface area contributed by atoms with Crippen LogP contribution in [0, 0.1) is 11.8 Å². The summed E-state index contributed by atoms with van der Waals surface area (Å²) in [5.74, 6) is 0.812. The molecule has 0 spiro atoms. The van der Waals surface area contributed by atoms with Gasteiger partial charge in [0.25, 0.3) is 0 Å². The number of hydrogen-bond donors (Lipinski definition) is 0. The van der Waals surface area contributed by atoms with E-state index in [1.165, 1.54) is 0 Å². The fourth-order valence-electron chi connectivity index (χ4n) is 3.46. The molecule has 6 heteroatoms. The van der Waals surface area contributed by atoms with Crippen LogP contribution in [0.4, 0.5) is 0 Å². The molecule has 0 aliphatic carbocycles. The summed E-state index contributed by atoms with van der Waals surface area (Å²) in [7, 11) is -0.837. The van der Waals surface area contributed by atoms with Crippen LogP contribution >= 0.6 is 0 Å². The van der Waals surface area contributed by atoms with Crippen LogP contribution in [0.5, 0.6) is 0 Å². The van der Waals surface area contributed by atoms with Gasteiger partial charge < -0.3 is 9.80 Å². The quantitative estimate of drug-likeness (QED) is 0.783. The summed E-state index contributed by atoms with van der Waals surface area (Å²) in [6.07, 6.45) is 2.58. The standard InChI is InChI=1S/C17H30N2O3S/c1-5-12(2)16(20)18-8-6-7-15(11-18)17(21)19-9-10-23(22)14(4)13(19)3/h12-15H,5-11H2,1-4H3/t12-,13+,14+,15-,23-/m0/s1. The molecule has 0 N–H and O–H groups in total. The van der Waals surface area contributed by atoms with Gasteiger partial charge in [-0.2, -0.15) is 0 Å². The van der Waals surface area contributed by atoms with Crippen molar-refractivity contribution in [2.75, 3.05) is 25.4 Å². The predicted octanol–water partition coefficient (Wildman–Crippen LogP) is 1.64. The number of carbonyl (C=O) groups excluding carboxylic acids is 2. The average molecular weight is 343 g/mol. The zero-order valence-electron chi connectivity index (χ0n) is 14.8. The van der Waals surface area contributed by atoms with Crippen molar-refractivity contribution in [1.82, 2.24) is 9.80 Å². The first-order valence-corrected chi connectivity index (χ1v) is 10.2. The Kier molecular flexibility index (Phi) is 6.23. The van der Waals surface area contributed by atoms with E-state index in [9.17, 15) is 13.8 Å². The second-order valence-electron chi connectivity index (χ2n) is 6.99. The smallest absolute Gasteiger partial charge is 0.227 e. The van der Waals surface area contributed by atoms with E-state index in [0.717, 1.165) is 25.8 Å². The molecule has 0 radical (unpaired) electrons. The third-order valence-corrected chi connectivity index (χ3v) is 7.33. The molecule has 2 rings (SSSR count). The molecule has 0 aromatic rings. The fourth-order valence-corrected chi connectivity index (χ4v) is 4.80. The van der Waals surface area contributed by atoms with Gasteiger partial charge in [-0.3, -0.25) is 13.8 Å². The Morgan fingerprint density at radius 1 is 1.26 bits per heavy atom. The van der Waals surface area contributed by atoms with E-state index in [4.69, 9.17) is 0 Å². The summed E-state index contributed by atoms with van der Waals surface area (Å²) in [5.41, 5.74) is 0. The Morgan fingerprint density at radius 3 is 2.61 bits per heavy atom. The molecule has 0 unspecified atom stereocenters. The van der Waals surface area contributed by atoms with Gasteiger partial charge in [-0.25, -0.2) is 0 Å². The minimum Gasteiger partial charge on any atom is -0.342 e. The fraction of sp³-hybridized carbons (Fsp3) is 0.882. The Balaban J connectivity index is 2.02. The van der Waals surface area contributed by atoms with E-state index < -0.39 is 10.8 Å². The molecule has 5 atom stereocenters. The molecule has 2 heterocycles. The molecule has 2 aliphatic rings. The van der Waals surface area contributed by atoms with Gasteiger partial charge in [0.2, 0.25) is 11.8 Å². The van der Waals surface area contributed by atoms with Crippen LogP contribution in [-0.2, 0) is 20.4 Å². The lowest BCUT2D eigenvalue weighted by Crippen LogP contribution is -2.56. The van der Waals surface area contributed by atoms with Crippen LogP contribution in [0.25, 0.3) is 0 Å². The lowest BCUT2D eigenvalue weighted by Gasteiger charge is -2.41. The van der Waals surface area contributed by atoms with Crippen LogP contribution < -0.4 is 0 Å². The topological polar surface area (TPSA) is 57.7 Å². The predicted molar refractivity (Wildman–Crippen MR) is 92.4 cm³/mol. The summed E-state index contributed by atoms with van der Waals surface area (Å²) in [6, 6.07) is 0.0118. The van der Waals surface area contributed by atoms with Gasteiger partial charge in [0.15, 0.2) is 0 Å². The summed E-state index contributed by atoms with van der Waals surface area (Å²) >= 11 is 0. The maximum absolute atomic E-state index is 12.9. The third kappa shape index (κ3) is 3.95. The molecular weight excluding hydrogens is 312 g/mol. The molecule has 2 fully saturated rings. The summed E-state index contributed by atoms with van der Waals surface area (Å²) in [5, 5.41) is 0.0224. The van der Waals surface area contributed by atoms with Crippen molar-refractivity contribution in [3.63, 3.8) is 0 Å². The number of likely N-dealkylation sites (tertiary alicyclic amines) is 1. The molecule has 2 aliphatic heterocycles. The first-order chi connectivity index (χ1) is 10.9. The number of amides is 2. The Hall–Kier alpha value is -0.910. The zero-order valence-corrected chi connectivity index (χ0v) is 15.6. The van der Waals surface area contributed by atoms with Crippen molar-refractivity contribution in [3.05, 3.63) is 0 Å². The molecule has 0 aromatic heterocycles. The largest absolute Gasteiger partial charge is 0.342 e. The van der Waals surface area contributed by atoms with Gasteiger partial charge in [-0.15, -0.1) is 0 Å². The highest BCUT2D eigenvalue weighted by atomic mass is 32.2. The maximum Gasteiger partial charge on any atom is 0.227 e. The molecule has 2 amide bonds. The van der Waals surface area contributed by atoms with E-state index in [1.54, 1.807) is 0 Å². The number of nitrogens with zero attached hydrogens (tertiary/aromatic N) is 2. The molecule has 0 saturated carbocycles. The van der Waals surface area contributed by atoms with Gasteiger partial charge in [0.1, 0.15) is 0 Å². The first kappa shape index (κ1) is 18.4. The zero-order chi connectivity index (χ0) is 17.1. The maximum atomic E-state index is 12.9. The van der Waals surface area contributed by atoms with E-state index in [1.807, 2.05) is 37.5 Å². The van der Waals surface area contributed by atoms with E-state index in [-0.39, 0.29) is 34.9 Å². The van der Waals surface area contributed by atoms with Gasteiger partial charge in [-0.05, 0) is 33.1 Å². The molecule has 0 aromatic carbocycles. The number of hydrogen-bond acceptors (Lipinski definition) is 3. The first-order valence-electron chi connectivity index (χ1n) is 8.83. The molecule has 0 bridgehead atoms. The van der Waals surface area contributed by atoms with Crippen LogP contribution in [0.15, 0.2) is 0 Å². The number of rotatable bonds is 3. The molecule has 2 saturated heterocycles. The number of piperidine rings is 1. The highest BCUT2D eigenvalue weighted by Crippen LogP contribution is 2.25. The second-order valence-corrected chi connectivity index (χ2v) is 8.91. The van der Waals surface area contributed by atoms with Gasteiger partial charge in [0, 0.05) is 48.1 Å². The van der Waals surface area contributed by atoms with E-state index >= 15 is 0 Å². The lowest BCUT2D eigenvalue weighted by molar-refractivity contribution is -0.143. The minimum atomic E-state index is -0.837. The van der Waals surface area contributed by atoms with Crippen molar-refractivity contribution < 1.29 is 13.8 Å². The third-order valence-electron chi connectivity index (χ3n) is 5.52. The molecule has 23 heavy (non-hydrogen) atoms. The van der Waals surface area contributed by atoms with Gasteiger partial charge >= 0.3 is 0 Å². The Bertz CT molecular complexity index is 482. The highest BCUT2D eigenvalue weighted by molar-refractivity contribution is 7.85. The van der Waals surface area contributed by atoms with Crippen molar-refractivity contribution in [2.45, 2.75) is 58.2 Å². The molecule has 132 valence electrons. The average Bonchev–Trinajstić information content (AvgIpc) is 2.58. The van der Waals surface area contributed by atoms with Crippen molar-refractivity contribution in [1.29, 1.82) is 0 Å². The van der Waals surface area contributed by atoms with Crippen LogP contribution in [0.3, 0.4) is 0 Å². The van der Waals surface area contributed by atoms with E-state index in [0.29, 0.717) is 18.8 Å². The van der Waals surface area contributed by atoms with Crippen LogP contribution in [0.1, 0.15) is 47.0 Å². The summed E-state index contributed by atoms with van der Waals surface area (Å²) < 4.78 is 11.9. The number of carbonyl (C=O) groups is 2. The SMILES string of the molecule is CC[C@H](C)C(=O)N1CCC[C@H](C(=O)N2CC[S@](=O)[C@H](C)[C@H]2C)C1. The van der Waals surface area contributed by atoms with Gasteiger partial charge in [-0.1, -0.05) is 13.8 Å². The van der Waals surface area contributed by atoms with Gasteiger partial charge in [0.05, 0.1) is 11.2 Å². The minimum absolute atomic E-state index is 0.0118. The lowest BCUT2D eigenvalue weighted by atomic mass is 9.94. The second kappa shape index (κ2) is 7.77. The normalized spacial score (nSPS) is 33.4. The van der Waals surface area contributed by atoms with Crippen LogP contribution in [-0.4, -0.2) is 62.5 Å². The summed E-state index contributed by atoms with van der Waals surface area (Å²) in [4.78, 5) is 29.1. The Morgan fingerprint density at radius 2 is 1.96 bits per heavy atom. The highest BCUT2D eigenvalue weighted by Gasteiger charge is 2.38. The van der Waals surface area contributed by atoms with Crippen LogP contribution in [0.2, 0.25) is 0 Å². The molecular formula is C17H30N2O3S. The summed E-state index contributed by atoms with van der Waals surface area (Å²) in [6.45, 7) is 9.81. The Labute approximate surface area is 142 Å². The molecule has 5 nitrogen and oxygen atoms in total. The van der Waals surface area contributed by atoms with Crippen molar-refractivity contribution >= 4 is 22.6 Å². The van der Waals surface area contributed by atoms with Crippen molar-refractivity contribution in [2.24, 2.45) is 11.8 Å². The van der Waals surface area contributed by atoms with Crippen molar-refractivity contribution in [3.8, 4) is 0 Å². The monoisotopic (exact) mass is 342 g/mol.